The Hall–Kier alpha value is -3.00. The molecule has 33 heavy (non-hydrogen) atoms. The van der Waals surface area contributed by atoms with Crippen molar-refractivity contribution >= 4 is 17.7 Å². The zero-order valence-corrected chi connectivity index (χ0v) is 19.8. The lowest BCUT2D eigenvalue weighted by molar-refractivity contribution is -0.129. The number of rotatable bonds is 5. The van der Waals surface area contributed by atoms with E-state index in [1.807, 2.05) is 28.5 Å². The van der Waals surface area contributed by atoms with Gasteiger partial charge in [0.1, 0.15) is 5.82 Å². The molecule has 0 unspecified atom stereocenters. The third kappa shape index (κ3) is 4.57. The topological polar surface area (TPSA) is 69.5 Å². The minimum absolute atomic E-state index is 0.0620. The third-order valence-electron chi connectivity index (χ3n) is 6.14. The van der Waals surface area contributed by atoms with Gasteiger partial charge < -0.3 is 14.4 Å². The minimum atomic E-state index is 0.0620. The van der Waals surface area contributed by atoms with Gasteiger partial charge in [-0.1, -0.05) is 35.5 Å². The highest BCUT2D eigenvalue weighted by molar-refractivity contribution is 7.99. The Bertz CT molecular complexity index is 1150. The Kier molecular flexibility index (Phi) is 6.26. The highest BCUT2D eigenvalue weighted by Crippen LogP contribution is 2.38. The SMILES string of the molecule is Cc1ccc(-n2c(C)nnc2SCC(=O)N2CCC[C@H]2c2ccc3c(c2)OCCCO3)cc1. The van der Waals surface area contributed by atoms with Crippen LogP contribution in [-0.4, -0.2) is 51.1 Å². The van der Waals surface area contributed by atoms with Gasteiger partial charge in [0.25, 0.3) is 0 Å². The smallest absolute Gasteiger partial charge is 0.233 e. The molecule has 0 radical (unpaired) electrons. The van der Waals surface area contributed by atoms with Crippen LogP contribution in [0.25, 0.3) is 5.69 Å². The Balaban J connectivity index is 1.30. The molecule has 0 N–H and O–H groups in total. The molecule has 1 fully saturated rings. The molecule has 3 aromatic rings. The third-order valence-corrected chi connectivity index (χ3v) is 7.06. The molecule has 5 rings (SSSR count). The number of carbonyl (C=O) groups excluding carboxylic acids is 1. The van der Waals surface area contributed by atoms with Crippen molar-refractivity contribution in [1.82, 2.24) is 19.7 Å². The summed E-state index contributed by atoms with van der Waals surface area (Å²) in [6.45, 7) is 6.08. The number of benzene rings is 2. The Morgan fingerprint density at radius 2 is 1.82 bits per heavy atom. The van der Waals surface area contributed by atoms with E-state index >= 15 is 0 Å². The minimum Gasteiger partial charge on any atom is -0.490 e. The molecule has 0 saturated carbocycles. The summed E-state index contributed by atoms with van der Waals surface area (Å²) in [4.78, 5) is 15.2. The highest BCUT2D eigenvalue weighted by atomic mass is 32.2. The number of aryl methyl sites for hydroxylation is 2. The zero-order valence-electron chi connectivity index (χ0n) is 19.0. The number of nitrogens with zero attached hydrogens (tertiary/aromatic N) is 4. The number of carbonyl (C=O) groups is 1. The zero-order chi connectivity index (χ0) is 22.8. The summed E-state index contributed by atoms with van der Waals surface area (Å²) in [5.41, 5.74) is 3.31. The van der Waals surface area contributed by atoms with Crippen molar-refractivity contribution in [2.75, 3.05) is 25.5 Å². The molecular formula is C25H28N4O3S. The molecule has 1 saturated heterocycles. The van der Waals surface area contributed by atoms with Crippen LogP contribution < -0.4 is 9.47 Å². The second kappa shape index (κ2) is 9.47. The Morgan fingerprint density at radius 3 is 2.64 bits per heavy atom. The van der Waals surface area contributed by atoms with Gasteiger partial charge in [-0.3, -0.25) is 9.36 Å². The van der Waals surface area contributed by atoms with E-state index in [4.69, 9.17) is 9.47 Å². The molecule has 1 aromatic heterocycles. The van der Waals surface area contributed by atoms with E-state index in [0.717, 1.165) is 59.5 Å². The fraction of sp³-hybridized carbons (Fsp3) is 0.400. The maximum absolute atomic E-state index is 13.2. The molecule has 1 atom stereocenters. The van der Waals surface area contributed by atoms with Crippen molar-refractivity contribution in [3.8, 4) is 17.2 Å². The Morgan fingerprint density at radius 1 is 1.03 bits per heavy atom. The summed E-state index contributed by atoms with van der Waals surface area (Å²) >= 11 is 1.44. The van der Waals surface area contributed by atoms with Crippen LogP contribution in [0, 0.1) is 13.8 Å². The largest absolute Gasteiger partial charge is 0.490 e. The standard InChI is InChI=1S/C25H28N4O3S/c1-17-6-9-20(10-7-17)29-18(2)26-27-25(29)33-16-24(30)28-12-3-5-21(28)19-8-11-22-23(15-19)32-14-4-13-31-22/h6-11,15,21H,3-5,12-14,16H2,1-2H3/t21-/m0/s1. The first-order valence-corrected chi connectivity index (χ1v) is 12.4. The number of hydrogen-bond donors (Lipinski definition) is 0. The predicted octanol–water partition coefficient (Wildman–Crippen LogP) is 4.50. The fourth-order valence-electron chi connectivity index (χ4n) is 4.44. The maximum Gasteiger partial charge on any atom is 0.233 e. The van der Waals surface area contributed by atoms with E-state index in [0.29, 0.717) is 19.0 Å². The van der Waals surface area contributed by atoms with E-state index in [2.05, 4.69) is 47.5 Å². The molecule has 3 heterocycles. The average molecular weight is 465 g/mol. The van der Waals surface area contributed by atoms with Crippen LogP contribution in [0.1, 0.15) is 42.3 Å². The number of fused-ring (bicyclic) bond motifs is 1. The molecule has 0 bridgehead atoms. The molecule has 8 heteroatoms. The van der Waals surface area contributed by atoms with Crippen LogP contribution in [0.2, 0.25) is 0 Å². The molecule has 2 aliphatic heterocycles. The molecule has 2 aromatic carbocycles. The molecule has 0 spiro atoms. The van der Waals surface area contributed by atoms with E-state index < -0.39 is 0 Å². The van der Waals surface area contributed by atoms with Crippen molar-refractivity contribution in [1.29, 1.82) is 0 Å². The van der Waals surface area contributed by atoms with Gasteiger partial charge in [0.05, 0.1) is 25.0 Å². The number of likely N-dealkylation sites (tertiary alicyclic amines) is 1. The second-order valence-corrected chi connectivity index (χ2v) is 9.43. The van der Waals surface area contributed by atoms with E-state index in [-0.39, 0.29) is 11.9 Å². The number of hydrogen-bond acceptors (Lipinski definition) is 6. The molecule has 172 valence electrons. The van der Waals surface area contributed by atoms with Gasteiger partial charge >= 0.3 is 0 Å². The van der Waals surface area contributed by atoms with Crippen molar-refractivity contribution in [2.45, 2.75) is 44.3 Å². The number of amides is 1. The van der Waals surface area contributed by atoms with Gasteiger partial charge in [-0.2, -0.15) is 0 Å². The number of thioether (sulfide) groups is 1. The van der Waals surface area contributed by atoms with Crippen LogP contribution in [-0.2, 0) is 4.79 Å². The predicted molar refractivity (Wildman–Crippen MR) is 127 cm³/mol. The van der Waals surface area contributed by atoms with Crippen LogP contribution in [0.5, 0.6) is 11.5 Å². The van der Waals surface area contributed by atoms with Gasteiger partial charge in [0, 0.05) is 18.7 Å². The van der Waals surface area contributed by atoms with Crippen LogP contribution in [0.4, 0.5) is 0 Å². The normalized spacial score (nSPS) is 17.8. The second-order valence-electron chi connectivity index (χ2n) is 8.49. The van der Waals surface area contributed by atoms with Gasteiger partial charge in [-0.15, -0.1) is 10.2 Å². The first-order valence-electron chi connectivity index (χ1n) is 11.4. The number of ether oxygens (including phenoxy) is 2. The van der Waals surface area contributed by atoms with Crippen molar-refractivity contribution in [3.63, 3.8) is 0 Å². The summed E-state index contributed by atoms with van der Waals surface area (Å²) in [5.74, 6) is 2.81. The molecule has 1 amide bonds. The summed E-state index contributed by atoms with van der Waals surface area (Å²) in [6.07, 6.45) is 2.82. The lowest BCUT2D eigenvalue weighted by Gasteiger charge is -2.25. The van der Waals surface area contributed by atoms with Gasteiger partial charge in [-0.25, -0.2) is 0 Å². The van der Waals surface area contributed by atoms with Gasteiger partial charge in [-0.05, 0) is 56.5 Å². The monoisotopic (exact) mass is 464 g/mol. The fourth-order valence-corrected chi connectivity index (χ4v) is 5.32. The Labute approximate surface area is 198 Å². The van der Waals surface area contributed by atoms with Crippen molar-refractivity contribution in [2.24, 2.45) is 0 Å². The first kappa shape index (κ1) is 21.8. The van der Waals surface area contributed by atoms with Gasteiger partial charge in [0.15, 0.2) is 16.7 Å². The number of aromatic nitrogens is 3. The van der Waals surface area contributed by atoms with E-state index in [9.17, 15) is 4.79 Å². The molecular weight excluding hydrogens is 436 g/mol. The average Bonchev–Trinajstić information content (AvgIpc) is 3.38. The molecule has 7 nitrogen and oxygen atoms in total. The first-order chi connectivity index (χ1) is 16.1. The van der Waals surface area contributed by atoms with E-state index in [1.54, 1.807) is 0 Å². The van der Waals surface area contributed by atoms with Crippen LogP contribution in [0.15, 0.2) is 47.6 Å². The van der Waals surface area contributed by atoms with E-state index in [1.165, 1.54) is 17.3 Å². The van der Waals surface area contributed by atoms with Gasteiger partial charge in [0.2, 0.25) is 5.91 Å². The summed E-state index contributed by atoms with van der Waals surface area (Å²) < 4.78 is 13.6. The summed E-state index contributed by atoms with van der Waals surface area (Å²) in [7, 11) is 0. The lowest BCUT2D eigenvalue weighted by atomic mass is 10.0. The summed E-state index contributed by atoms with van der Waals surface area (Å²) in [6, 6.07) is 14.4. The highest BCUT2D eigenvalue weighted by Gasteiger charge is 2.31. The van der Waals surface area contributed by atoms with Crippen LogP contribution >= 0.6 is 11.8 Å². The lowest BCUT2D eigenvalue weighted by Crippen LogP contribution is -2.32. The maximum atomic E-state index is 13.2. The van der Waals surface area contributed by atoms with Crippen molar-refractivity contribution in [3.05, 3.63) is 59.4 Å². The summed E-state index contributed by atoms with van der Waals surface area (Å²) in [5, 5.41) is 9.30. The van der Waals surface area contributed by atoms with Crippen molar-refractivity contribution < 1.29 is 14.3 Å². The molecule has 2 aliphatic rings. The quantitative estimate of drug-likeness (QED) is 0.518. The molecule has 0 aliphatic carbocycles. The van der Waals surface area contributed by atoms with Crippen LogP contribution in [0.3, 0.4) is 0 Å².